The minimum Gasteiger partial charge on any atom is -0.475 e. The van der Waals surface area contributed by atoms with Gasteiger partial charge in [0, 0.05) is 35.3 Å². The number of aryl methyl sites for hydroxylation is 2. The first-order chi connectivity index (χ1) is 15.3. The molecule has 0 aliphatic heterocycles. The summed E-state index contributed by atoms with van der Waals surface area (Å²) in [7, 11) is 0. The van der Waals surface area contributed by atoms with Crippen LogP contribution in [0.3, 0.4) is 0 Å². The Kier molecular flexibility index (Phi) is 5.48. The van der Waals surface area contributed by atoms with Crippen LogP contribution in [0.25, 0.3) is 33.2 Å². The summed E-state index contributed by atoms with van der Waals surface area (Å²) in [4.78, 5) is 36.0. The van der Waals surface area contributed by atoms with Gasteiger partial charge in [0.1, 0.15) is 11.5 Å². The lowest BCUT2D eigenvalue weighted by molar-refractivity contribution is 0.0683. The van der Waals surface area contributed by atoms with Gasteiger partial charge in [-0.3, -0.25) is 4.79 Å². The summed E-state index contributed by atoms with van der Waals surface area (Å²) in [5.41, 5.74) is 4.95. The number of benzene rings is 2. The van der Waals surface area contributed by atoms with Crippen LogP contribution in [0.15, 0.2) is 48.8 Å². The van der Waals surface area contributed by atoms with Crippen molar-refractivity contribution in [1.82, 2.24) is 15.0 Å². The zero-order valence-corrected chi connectivity index (χ0v) is 17.8. The number of aromatic nitrogens is 3. The number of aromatic carboxylic acids is 1. The van der Waals surface area contributed by atoms with Gasteiger partial charge in [-0.05, 0) is 54.3 Å². The van der Waals surface area contributed by atoms with Gasteiger partial charge in [0.15, 0.2) is 5.78 Å². The van der Waals surface area contributed by atoms with Gasteiger partial charge in [0.05, 0.1) is 5.52 Å². The number of fused-ring (bicyclic) bond motifs is 1. The number of rotatable bonds is 5. The molecule has 4 aromatic rings. The Morgan fingerprint density at radius 1 is 1.03 bits per heavy atom. The van der Waals surface area contributed by atoms with Crippen molar-refractivity contribution in [3.8, 4) is 22.3 Å². The number of carbonyl (C=O) groups is 2. The summed E-state index contributed by atoms with van der Waals surface area (Å²) in [5.74, 6) is -2.02. The normalized spacial score (nSPS) is 11.0. The molecular weight excluding hydrogens is 409 g/mol. The van der Waals surface area contributed by atoms with Crippen molar-refractivity contribution < 1.29 is 19.1 Å². The van der Waals surface area contributed by atoms with Crippen LogP contribution in [0.4, 0.5) is 4.39 Å². The molecular formula is C25H20FN3O3. The van der Waals surface area contributed by atoms with E-state index in [2.05, 4.69) is 15.0 Å². The molecule has 32 heavy (non-hydrogen) atoms. The van der Waals surface area contributed by atoms with Crippen LogP contribution < -0.4 is 0 Å². The molecule has 7 heteroatoms. The molecule has 0 atom stereocenters. The molecule has 2 heterocycles. The van der Waals surface area contributed by atoms with E-state index in [0.717, 1.165) is 16.7 Å². The van der Waals surface area contributed by atoms with Crippen molar-refractivity contribution in [2.45, 2.75) is 27.2 Å². The molecule has 0 saturated carbocycles. The molecule has 160 valence electrons. The second-order valence-electron chi connectivity index (χ2n) is 7.50. The number of hydrogen-bond donors (Lipinski definition) is 1. The summed E-state index contributed by atoms with van der Waals surface area (Å²) < 4.78 is 14.8. The number of carboxylic acid groups (broad SMARTS) is 1. The third-order valence-electron chi connectivity index (χ3n) is 5.45. The quantitative estimate of drug-likeness (QED) is 0.427. The van der Waals surface area contributed by atoms with E-state index in [4.69, 9.17) is 5.11 Å². The van der Waals surface area contributed by atoms with Gasteiger partial charge in [0.25, 0.3) is 0 Å². The summed E-state index contributed by atoms with van der Waals surface area (Å²) in [6.45, 7) is 5.55. The number of Topliss-reactive ketones (excluding diaryl/α,β-unsaturated/α-hetero) is 1. The fraction of sp³-hybridized carbons (Fsp3) is 0.160. The van der Waals surface area contributed by atoms with Crippen LogP contribution in [0.5, 0.6) is 0 Å². The minimum absolute atomic E-state index is 0.124. The van der Waals surface area contributed by atoms with Gasteiger partial charge in [-0.15, -0.1) is 0 Å². The summed E-state index contributed by atoms with van der Waals surface area (Å²) >= 11 is 0. The van der Waals surface area contributed by atoms with Gasteiger partial charge in [-0.1, -0.05) is 25.1 Å². The number of hydrogen-bond acceptors (Lipinski definition) is 5. The van der Waals surface area contributed by atoms with E-state index in [0.29, 0.717) is 39.7 Å². The molecule has 0 aliphatic carbocycles. The molecule has 0 bridgehead atoms. The number of carboxylic acids is 1. The molecule has 6 nitrogen and oxygen atoms in total. The fourth-order valence-electron chi connectivity index (χ4n) is 3.99. The Hall–Kier alpha value is -4.00. The van der Waals surface area contributed by atoms with E-state index in [9.17, 15) is 14.0 Å². The van der Waals surface area contributed by atoms with Crippen molar-refractivity contribution in [2.75, 3.05) is 0 Å². The maximum atomic E-state index is 14.8. The highest BCUT2D eigenvalue weighted by atomic mass is 19.1. The summed E-state index contributed by atoms with van der Waals surface area (Å²) in [6, 6.07) is 9.90. The van der Waals surface area contributed by atoms with E-state index in [1.54, 1.807) is 31.2 Å². The highest BCUT2D eigenvalue weighted by Gasteiger charge is 2.20. The maximum absolute atomic E-state index is 14.8. The smallest absolute Gasteiger partial charge is 0.373 e. The zero-order valence-electron chi connectivity index (χ0n) is 17.8. The highest BCUT2D eigenvalue weighted by Crippen LogP contribution is 2.38. The van der Waals surface area contributed by atoms with E-state index in [1.165, 1.54) is 18.5 Å². The van der Waals surface area contributed by atoms with Crippen LogP contribution in [0.2, 0.25) is 0 Å². The van der Waals surface area contributed by atoms with Crippen LogP contribution in [0.1, 0.15) is 45.6 Å². The molecule has 0 radical (unpaired) electrons. The lowest BCUT2D eigenvalue weighted by Gasteiger charge is -2.17. The number of halogens is 1. The largest absolute Gasteiger partial charge is 0.475 e. The third kappa shape index (κ3) is 3.62. The van der Waals surface area contributed by atoms with Gasteiger partial charge < -0.3 is 5.11 Å². The van der Waals surface area contributed by atoms with E-state index in [1.807, 2.05) is 19.9 Å². The number of carbonyl (C=O) groups excluding carboxylic acids is 1. The Morgan fingerprint density at radius 3 is 2.34 bits per heavy atom. The molecule has 0 spiro atoms. The third-order valence-corrected chi connectivity index (χ3v) is 5.45. The zero-order chi connectivity index (χ0) is 23.0. The van der Waals surface area contributed by atoms with Crippen LogP contribution >= 0.6 is 0 Å². The van der Waals surface area contributed by atoms with E-state index < -0.39 is 11.8 Å². The van der Waals surface area contributed by atoms with Crippen molar-refractivity contribution in [3.05, 3.63) is 77.3 Å². The number of pyridine rings is 1. The second kappa shape index (κ2) is 8.26. The van der Waals surface area contributed by atoms with Gasteiger partial charge in [-0.2, -0.15) is 0 Å². The van der Waals surface area contributed by atoms with Crippen molar-refractivity contribution >= 4 is 22.7 Å². The van der Waals surface area contributed by atoms with Crippen LogP contribution in [-0.2, 0) is 0 Å². The first-order valence-electron chi connectivity index (χ1n) is 10.1. The molecule has 2 aromatic heterocycles. The van der Waals surface area contributed by atoms with Crippen LogP contribution in [0, 0.1) is 19.7 Å². The van der Waals surface area contributed by atoms with E-state index >= 15 is 0 Å². The molecule has 4 rings (SSSR count). The SMILES string of the molecule is CCC(=O)c1cc(-c2ccccc2F)c2c(C)c(-c3cnc(C(=O)O)nc3)c(C)cc2n1. The maximum Gasteiger partial charge on any atom is 0.373 e. The lowest BCUT2D eigenvalue weighted by atomic mass is 9.89. The number of ketones is 1. The number of nitrogens with zero attached hydrogens (tertiary/aromatic N) is 3. The molecule has 1 N–H and O–H groups in total. The Bertz CT molecular complexity index is 1380. The van der Waals surface area contributed by atoms with Gasteiger partial charge in [0.2, 0.25) is 5.82 Å². The predicted molar refractivity (Wildman–Crippen MR) is 119 cm³/mol. The lowest BCUT2D eigenvalue weighted by Crippen LogP contribution is -2.05. The molecule has 0 amide bonds. The fourth-order valence-corrected chi connectivity index (χ4v) is 3.99. The average molecular weight is 429 g/mol. The molecule has 0 saturated heterocycles. The highest BCUT2D eigenvalue weighted by molar-refractivity contribution is 6.05. The van der Waals surface area contributed by atoms with Crippen molar-refractivity contribution in [1.29, 1.82) is 0 Å². The monoisotopic (exact) mass is 429 g/mol. The minimum atomic E-state index is -1.21. The average Bonchev–Trinajstić information content (AvgIpc) is 2.78. The van der Waals surface area contributed by atoms with Crippen molar-refractivity contribution in [2.24, 2.45) is 0 Å². The topological polar surface area (TPSA) is 93.0 Å². The first-order valence-corrected chi connectivity index (χ1v) is 10.1. The van der Waals surface area contributed by atoms with E-state index in [-0.39, 0.29) is 11.6 Å². The van der Waals surface area contributed by atoms with Gasteiger partial charge >= 0.3 is 5.97 Å². The Labute approximate surface area is 183 Å². The molecule has 0 unspecified atom stereocenters. The van der Waals surface area contributed by atoms with Gasteiger partial charge in [-0.25, -0.2) is 24.1 Å². The molecule has 2 aromatic carbocycles. The Morgan fingerprint density at radius 2 is 1.72 bits per heavy atom. The molecule has 0 aliphatic rings. The molecule has 0 fully saturated rings. The first kappa shape index (κ1) is 21.2. The van der Waals surface area contributed by atoms with Crippen LogP contribution in [-0.4, -0.2) is 31.8 Å². The summed E-state index contributed by atoms with van der Waals surface area (Å²) in [5, 5.41) is 9.79. The second-order valence-corrected chi connectivity index (χ2v) is 7.50. The van der Waals surface area contributed by atoms with Crippen molar-refractivity contribution in [3.63, 3.8) is 0 Å². The summed E-state index contributed by atoms with van der Waals surface area (Å²) in [6.07, 6.45) is 3.21. The Balaban J connectivity index is 2.06. The standard InChI is InChI=1S/C25H20FN3O3/c1-4-21(30)19-10-17(16-7-5-6-8-18(16)26)23-14(3)22(13(2)9-20(23)29-19)15-11-27-24(25(31)32)28-12-15/h5-12H,4H2,1-3H3,(H,31,32). The predicted octanol–water partition coefficient (Wildman–Crippen LogP) is 5.41.